The highest BCUT2D eigenvalue weighted by atomic mass is 32.1. The Hall–Kier alpha value is -4.28. The molecule has 216 valence electrons. The maximum Gasteiger partial charge on any atom is 0.139 e. The minimum absolute atomic E-state index is 0.0353. The first-order valence-corrected chi connectivity index (χ1v) is 17.2. The van der Waals surface area contributed by atoms with Crippen molar-refractivity contribution >= 4 is 62.0 Å². The SMILES string of the molecule is CCc1cc(-c2c3nsnc3c(-c3cc(CC)c(C(C)C)s3)c3nc4c(nc23)C(=C(C#N)C#N)c2ccccc2-4)sc1CC. The Morgan fingerprint density at radius 3 is 1.89 bits per heavy atom. The average Bonchev–Trinajstić information content (AvgIpc) is 3.84. The molecule has 0 unspecified atom stereocenters. The lowest BCUT2D eigenvalue weighted by atomic mass is 9.99. The van der Waals surface area contributed by atoms with E-state index in [-0.39, 0.29) is 5.57 Å². The smallest absolute Gasteiger partial charge is 0.139 e. The van der Waals surface area contributed by atoms with Crippen molar-refractivity contribution in [1.82, 2.24) is 18.7 Å². The van der Waals surface area contributed by atoms with Gasteiger partial charge >= 0.3 is 0 Å². The Morgan fingerprint density at radius 1 is 0.750 bits per heavy atom. The van der Waals surface area contributed by atoms with Gasteiger partial charge < -0.3 is 0 Å². The van der Waals surface area contributed by atoms with Crippen molar-refractivity contribution in [1.29, 1.82) is 10.5 Å². The Balaban J connectivity index is 1.68. The number of benzene rings is 2. The van der Waals surface area contributed by atoms with E-state index in [4.69, 9.17) is 18.7 Å². The van der Waals surface area contributed by atoms with Crippen LogP contribution in [0.2, 0.25) is 0 Å². The molecule has 0 saturated heterocycles. The predicted molar refractivity (Wildman–Crippen MR) is 182 cm³/mol. The zero-order valence-corrected chi connectivity index (χ0v) is 27.5. The van der Waals surface area contributed by atoms with Crippen LogP contribution < -0.4 is 0 Å². The molecular weight excluding hydrogens is 601 g/mol. The van der Waals surface area contributed by atoms with Crippen molar-refractivity contribution in [2.24, 2.45) is 0 Å². The molecule has 0 saturated carbocycles. The molecule has 0 aliphatic heterocycles. The Morgan fingerprint density at radius 2 is 1.34 bits per heavy atom. The van der Waals surface area contributed by atoms with Crippen LogP contribution in [0.15, 0.2) is 42.0 Å². The number of nitrogens with zero attached hydrogens (tertiary/aromatic N) is 6. The Labute approximate surface area is 268 Å². The number of allylic oxidation sites excluding steroid dienone is 1. The highest BCUT2D eigenvalue weighted by molar-refractivity contribution is 7.16. The molecule has 6 aromatic rings. The van der Waals surface area contributed by atoms with Gasteiger partial charge in [-0.2, -0.15) is 19.3 Å². The van der Waals surface area contributed by atoms with Gasteiger partial charge in [-0.15, -0.1) is 22.7 Å². The third kappa shape index (κ3) is 4.15. The number of fused-ring (bicyclic) bond motifs is 5. The number of thiophene rings is 2. The second-order valence-electron chi connectivity index (χ2n) is 11.1. The minimum Gasteiger partial charge on any atom is -0.243 e. The first-order chi connectivity index (χ1) is 21.4. The van der Waals surface area contributed by atoms with Crippen molar-refractivity contribution in [3.8, 4) is 44.3 Å². The summed E-state index contributed by atoms with van der Waals surface area (Å²) in [7, 11) is 0. The van der Waals surface area contributed by atoms with E-state index in [1.165, 1.54) is 32.6 Å². The van der Waals surface area contributed by atoms with Crippen LogP contribution in [0.4, 0.5) is 0 Å². The molecule has 4 heterocycles. The van der Waals surface area contributed by atoms with Gasteiger partial charge in [0.25, 0.3) is 0 Å². The predicted octanol–water partition coefficient (Wildman–Crippen LogP) is 9.73. The molecule has 7 rings (SSSR count). The van der Waals surface area contributed by atoms with Crippen LogP contribution >= 0.6 is 34.4 Å². The molecule has 1 aliphatic carbocycles. The fourth-order valence-corrected chi connectivity index (χ4v) is 9.40. The van der Waals surface area contributed by atoms with Gasteiger partial charge in [0.05, 0.1) is 17.4 Å². The molecule has 6 nitrogen and oxygen atoms in total. The van der Waals surface area contributed by atoms with E-state index in [1.807, 2.05) is 24.3 Å². The lowest BCUT2D eigenvalue weighted by Gasteiger charge is -2.12. The summed E-state index contributed by atoms with van der Waals surface area (Å²) in [4.78, 5) is 15.7. The molecule has 0 bridgehead atoms. The van der Waals surface area contributed by atoms with Crippen LogP contribution in [0.25, 0.3) is 59.8 Å². The van der Waals surface area contributed by atoms with E-state index >= 15 is 0 Å². The normalized spacial score (nSPS) is 12.1. The molecule has 44 heavy (non-hydrogen) atoms. The fourth-order valence-electron chi connectivity index (χ4n) is 6.30. The molecule has 0 spiro atoms. The Bertz CT molecular complexity index is 2210. The third-order valence-electron chi connectivity index (χ3n) is 8.33. The van der Waals surface area contributed by atoms with Gasteiger partial charge in [-0.25, -0.2) is 9.97 Å². The standard InChI is InChI=1S/C35H28N6S3/c1-6-18-13-24(42-23(18)8-3)27-32-31(28(34-33(27)40-44-41-34)25-14-19(7-2)35(43-25)17(4)5)38-29-22-12-10-9-11-21(22)26(30(29)39-32)20(15-36)16-37/h9-14,17H,6-8H2,1-5H3. The van der Waals surface area contributed by atoms with Crippen LogP contribution in [-0.2, 0) is 19.3 Å². The number of aromatic nitrogens is 4. The van der Waals surface area contributed by atoms with E-state index in [2.05, 4.69) is 58.9 Å². The first-order valence-electron chi connectivity index (χ1n) is 14.8. The van der Waals surface area contributed by atoms with Gasteiger partial charge in [0, 0.05) is 41.8 Å². The lowest BCUT2D eigenvalue weighted by Crippen LogP contribution is -1.99. The number of nitriles is 2. The number of hydrogen-bond acceptors (Lipinski definition) is 9. The quantitative estimate of drug-likeness (QED) is 0.170. The average molecular weight is 629 g/mol. The molecule has 1 aliphatic rings. The van der Waals surface area contributed by atoms with Crippen LogP contribution in [0.1, 0.15) is 72.7 Å². The molecular formula is C35H28N6S3. The van der Waals surface area contributed by atoms with E-state index < -0.39 is 0 Å². The summed E-state index contributed by atoms with van der Waals surface area (Å²) in [6, 6.07) is 16.6. The summed E-state index contributed by atoms with van der Waals surface area (Å²) in [5, 5.41) is 20.0. The number of aryl methyl sites for hydroxylation is 3. The van der Waals surface area contributed by atoms with Gasteiger partial charge in [-0.3, -0.25) is 0 Å². The molecule has 0 amide bonds. The van der Waals surface area contributed by atoms with E-state index in [1.54, 1.807) is 22.7 Å². The topological polar surface area (TPSA) is 99.1 Å². The molecule has 0 fully saturated rings. The largest absolute Gasteiger partial charge is 0.243 e. The van der Waals surface area contributed by atoms with Crippen molar-refractivity contribution in [3.05, 3.63) is 74.1 Å². The van der Waals surface area contributed by atoms with Crippen molar-refractivity contribution in [3.63, 3.8) is 0 Å². The summed E-state index contributed by atoms with van der Waals surface area (Å²) in [5.41, 5.74) is 11.2. The number of hydrogen-bond donors (Lipinski definition) is 0. The van der Waals surface area contributed by atoms with Crippen molar-refractivity contribution < 1.29 is 0 Å². The summed E-state index contributed by atoms with van der Waals surface area (Å²) in [5.74, 6) is 0.398. The van der Waals surface area contributed by atoms with E-state index in [0.29, 0.717) is 22.9 Å². The lowest BCUT2D eigenvalue weighted by molar-refractivity contribution is 0.870. The molecule has 0 radical (unpaired) electrons. The molecule has 4 aromatic heterocycles. The molecule has 0 N–H and O–H groups in total. The van der Waals surface area contributed by atoms with Crippen molar-refractivity contribution in [2.45, 2.75) is 59.8 Å². The monoisotopic (exact) mass is 628 g/mol. The van der Waals surface area contributed by atoms with Crippen LogP contribution in [0.5, 0.6) is 0 Å². The second-order valence-corrected chi connectivity index (χ2v) is 13.9. The summed E-state index contributed by atoms with van der Waals surface area (Å²) in [6.07, 6.45) is 2.84. The first kappa shape index (κ1) is 28.5. The zero-order valence-electron chi connectivity index (χ0n) is 25.1. The fraction of sp³-hybridized carbons (Fsp3) is 0.257. The molecule has 0 atom stereocenters. The van der Waals surface area contributed by atoms with Gasteiger partial charge in [-0.05, 0) is 54.0 Å². The summed E-state index contributed by atoms with van der Waals surface area (Å²) >= 11 is 4.79. The third-order valence-corrected chi connectivity index (χ3v) is 11.7. The minimum atomic E-state index is 0.0353. The Kier molecular flexibility index (Phi) is 7.13. The van der Waals surface area contributed by atoms with Gasteiger partial charge in [0.15, 0.2) is 0 Å². The molecule has 2 aromatic carbocycles. The highest BCUT2D eigenvalue weighted by Crippen LogP contribution is 2.50. The van der Waals surface area contributed by atoms with E-state index in [9.17, 15) is 10.5 Å². The molecule has 9 heteroatoms. The van der Waals surface area contributed by atoms with E-state index in [0.717, 1.165) is 73.3 Å². The number of rotatable bonds is 6. The van der Waals surface area contributed by atoms with Crippen LogP contribution in [0.3, 0.4) is 0 Å². The van der Waals surface area contributed by atoms with Gasteiger partial charge in [0.1, 0.15) is 45.5 Å². The summed E-state index contributed by atoms with van der Waals surface area (Å²) < 4.78 is 9.78. The van der Waals surface area contributed by atoms with Crippen LogP contribution in [0, 0.1) is 22.7 Å². The second kappa shape index (κ2) is 11.0. The maximum absolute atomic E-state index is 9.98. The maximum atomic E-state index is 9.98. The summed E-state index contributed by atoms with van der Waals surface area (Å²) in [6.45, 7) is 11.1. The highest BCUT2D eigenvalue weighted by Gasteiger charge is 2.33. The van der Waals surface area contributed by atoms with Crippen LogP contribution in [-0.4, -0.2) is 18.7 Å². The van der Waals surface area contributed by atoms with Gasteiger partial charge in [0.2, 0.25) is 0 Å². The van der Waals surface area contributed by atoms with Crippen molar-refractivity contribution in [2.75, 3.05) is 0 Å². The van der Waals surface area contributed by atoms with Gasteiger partial charge in [-0.1, -0.05) is 58.9 Å². The zero-order chi connectivity index (χ0) is 30.7.